The molecule has 0 bridgehead atoms. The Kier molecular flexibility index (Phi) is 4.78. The smallest absolute Gasteiger partial charge is 0.372 e. The summed E-state index contributed by atoms with van der Waals surface area (Å²) in [7, 11) is 0. The van der Waals surface area contributed by atoms with Crippen molar-refractivity contribution in [1.29, 1.82) is 0 Å². The maximum absolute atomic E-state index is 12.9. The zero-order valence-electron chi connectivity index (χ0n) is 13.2. The first-order valence-corrected chi connectivity index (χ1v) is 7.95. The second kappa shape index (κ2) is 6.87. The number of fused-ring (bicyclic) bond motifs is 1. The molecule has 9 heteroatoms. The van der Waals surface area contributed by atoms with Gasteiger partial charge in [-0.2, -0.15) is 13.2 Å². The molecule has 1 heterocycles. The van der Waals surface area contributed by atoms with Gasteiger partial charge in [-0.25, -0.2) is 0 Å². The molecule has 1 aliphatic heterocycles. The Morgan fingerprint density at radius 3 is 2.54 bits per heavy atom. The molecule has 3 rings (SSSR count). The number of nitrogens with one attached hydrogen (secondary N) is 3. The molecular weight excluding hydrogens is 371 g/mol. The average Bonchev–Trinajstić information content (AvgIpc) is 2.56. The van der Waals surface area contributed by atoms with E-state index in [9.17, 15) is 22.8 Å². The van der Waals surface area contributed by atoms with E-state index in [0.29, 0.717) is 11.4 Å². The van der Waals surface area contributed by atoms with E-state index in [0.717, 1.165) is 12.1 Å². The molecule has 2 aromatic rings. The van der Waals surface area contributed by atoms with Gasteiger partial charge in [-0.15, -0.1) is 0 Å². The van der Waals surface area contributed by atoms with Gasteiger partial charge in [0, 0.05) is 5.69 Å². The summed E-state index contributed by atoms with van der Waals surface area (Å²) in [5, 5.41) is 7.50. The zero-order valence-corrected chi connectivity index (χ0v) is 13.9. The standard InChI is InChI=1S/C17H13ClF3N3O2/c18-11-6-5-9(7-10(11)17(19,20)21)22-15(25)8-14-16(26)24-13-4-2-1-3-12(13)23-14/h1-7,14,23H,8H2,(H,22,25)(H,24,26). The van der Waals surface area contributed by atoms with E-state index in [1.807, 2.05) is 0 Å². The number of amides is 2. The van der Waals surface area contributed by atoms with E-state index in [4.69, 9.17) is 11.6 Å². The van der Waals surface area contributed by atoms with Crippen LogP contribution in [-0.4, -0.2) is 17.9 Å². The van der Waals surface area contributed by atoms with Crippen molar-refractivity contribution in [1.82, 2.24) is 0 Å². The van der Waals surface area contributed by atoms with Gasteiger partial charge in [0.25, 0.3) is 0 Å². The Morgan fingerprint density at radius 1 is 1.15 bits per heavy atom. The predicted octanol–water partition coefficient (Wildman–Crippen LogP) is 4.12. The summed E-state index contributed by atoms with van der Waals surface area (Å²) in [6, 6.07) is 9.22. The number of benzene rings is 2. The Balaban J connectivity index is 1.69. The van der Waals surface area contributed by atoms with E-state index in [1.54, 1.807) is 24.3 Å². The quantitative estimate of drug-likeness (QED) is 0.746. The largest absolute Gasteiger partial charge is 0.417 e. The number of para-hydroxylation sites is 2. The van der Waals surface area contributed by atoms with E-state index < -0.39 is 34.6 Å². The molecule has 2 amide bonds. The third-order valence-electron chi connectivity index (χ3n) is 3.78. The number of anilines is 3. The lowest BCUT2D eigenvalue weighted by molar-refractivity contribution is -0.137. The van der Waals surface area contributed by atoms with Crippen LogP contribution in [-0.2, 0) is 15.8 Å². The lowest BCUT2D eigenvalue weighted by atomic mass is 10.1. The molecular formula is C17H13ClF3N3O2. The predicted molar refractivity (Wildman–Crippen MR) is 92.2 cm³/mol. The van der Waals surface area contributed by atoms with E-state index >= 15 is 0 Å². The molecule has 0 aromatic heterocycles. The first-order valence-electron chi connectivity index (χ1n) is 7.57. The van der Waals surface area contributed by atoms with Crippen molar-refractivity contribution >= 4 is 40.5 Å². The summed E-state index contributed by atoms with van der Waals surface area (Å²) in [4.78, 5) is 24.2. The Bertz CT molecular complexity index is 871. The second-order valence-corrected chi connectivity index (χ2v) is 6.08. The Morgan fingerprint density at radius 2 is 1.85 bits per heavy atom. The number of rotatable bonds is 3. The molecule has 2 aromatic carbocycles. The molecule has 0 saturated heterocycles. The van der Waals surface area contributed by atoms with Crippen LogP contribution >= 0.6 is 11.6 Å². The van der Waals surface area contributed by atoms with Gasteiger partial charge in [-0.1, -0.05) is 23.7 Å². The molecule has 0 spiro atoms. The highest BCUT2D eigenvalue weighted by Gasteiger charge is 2.33. The Labute approximate surface area is 151 Å². The van der Waals surface area contributed by atoms with Crippen molar-refractivity contribution in [2.45, 2.75) is 18.6 Å². The fourth-order valence-corrected chi connectivity index (χ4v) is 2.78. The fourth-order valence-electron chi connectivity index (χ4n) is 2.55. The topological polar surface area (TPSA) is 70.2 Å². The summed E-state index contributed by atoms with van der Waals surface area (Å²) in [5.41, 5.74) is 0.167. The highest BCUT2D eigenvalue weighted by atomic mass is 35.5. The van der Waals surface area contributed by atoms with Gasteiger partial charge in [0.05, 0.1) is 28.4 Å². The van der Waals surface area contributed by atoms with Gasteiger partial charge < -0.3 is 16.0 Å². The Hall–Kier alpha value is -2.74. The molecule has 0 radical (unpaired) electrons. The minimum absolute atomic E-state index is 0.0525. The van der Waals surface area contributed by atoms with Crippen LogP contribution in [0, 0.1) is 0 Å². The first-order chi connectivity index (χ1) is 12.2. The van der Waals surface area contributed by atoms with Gasteiger partial charge >= 0.3 is 6.18 Å². The van der Waals surface area contributed by atoms with Crippen molar-refractivity contribution < 1.29 is 22.8 Å². The molecule has 136 valence electrons. The molecule has 3 N–H and O–H groups in total. The van der Waals surface area contributed by atoms with Gasteiger partial charge in [-0.3, -0.25) is 9.59 Å². The number of hydrogen-bond acceptors (Lipinski definition) is 3. The number of carbonyl (C=O) groups is 2. The minimum Gasteiger partial charge on any atom is -0.372 e. The maximum Gasteiger partial charge on any atom is 0.417 e. The first kappa shape index (κ1) is 18.1. The normalized spacial score (nSPS) is 16.3. The fraction of sp³-hybridized carbons (Fsp3) is 0.176. The summed E-state index contributed by atoms with van der Waals surface area (Å²) in [6.45, 7) is 0. The second-order valence-electron chi connectivity index (χ2n) is 5.68. The van der Waals surface area contributed by atoms with Crippen LogP contribution in [0.15, 0.2) is 42.5 Å². The van der Waals surface area contributed by atoms with E-state index in [1.165, 1.54) is 6.07 Å². The minimum atomic E-state index is -4.63. The van der Waals surface area contributed by atoms with Gasteiger partial charge in [-0.05, 0) is 30.3 Å². The maximum atomic E-state index is 12.9. The molecule has 0 saturated carbocycles. The molecule has 0 fully saturated rings. The molecule has 0 aliphatic carbocycles. The van der Waals surface area contributed by atoms with Crippen LogP contribution in [0.4, 0.5) is 30.2 Å². The van der Waals surface area contributed by atoms with Crippen molar-refractivity contribution in [3.8, 4) is 0 Å². The lowest BCUT2D eigenvalue weighted by Crippen LogP contribution is -2.41. The summed E-state index contributed by atoms with van der Waals surface area (Å²) < 4.78 is 38.6. The summed E-state index contributed by atoms with van der Waals surface area (Å²) in [6.07, 6.45) is -4.88. The third kappa shape index (κ3) is 3.91. The number of hydrogen-bond donors (Lipinski definition) is 3. The number of carbonyl (C=O) groups excluding carboxylic acids is 2. The van der Waals surface area contributed by atoms with Crippen LogP contribution < -0.4 is 16.0 Å². The van der Waals surface area contributed by atoms with Crippen LogP contribution in [0.3, 0.4) is 0 Å². The SMILES string of the molecule is O=C(CC1Nc2ccccc2NC1=O)Nc1ccc(Cl)c(C(F)(F)F)c1. The van der Waals surface area contributed by atoms with E-state index in [-0.39, 0.29) is 12.1 Å². The molecule has 1 aliphatic rings. The van der Waals surface area contributed by atoms with Gasteiger partial charge in [0.15, 0.2) is 0 Å². The highest BCUT2D eigenvalue weighted by molar-refractivity contribution is 6.31. The summed E-state index contributed by atoms with van der Waals surface area (Å²) >= 11 is 5.54. The monoisotopic (exact) mass is 383 g/mol. The zero-order chi connectivity index (χ0) is 18.9. The van der Waals surface area contributed by atoms with Crippen LogP contribution in [0.25, 0.3) is 0 Å². The molecule has 5 nitrogen and oxygen atoms in total. The molecule has 26 heavy (non-hydrogen) atoms. The molecule has 1 unspecified atom stereocenters. The third-order valence-corrected chi connectivity index (χ3v) is 4.11. The van der Waals surface area contributed by atoms with Crippen molar-refractivity contribution in [3.05, 3.63) is 53.1 Å². The van der Waals surface area contributed by atoms with Gasteiger partial charge in [0.1, 0.15) is 6.04 Å². The van der Waals surface area contributed by atoms with Gasteiger partial charge in [0.2, 0.25) is 11.8 Å². The van der Waals surface area contributed by atoms with Crippen LogP contribution in [0.5, 0.6) is 0 Å². The average molecular weight is 384 g/mol. The lowest BCUT2D eigenvalue weighted by Gasteiger charge is -2.26. The molecule has 1 atom stereocenters. The van der Waals surface area contributed by atoms with Crippen LogP contribution in [0.1, 0.15) is 12.0 Å². The van der Waals surface area contributed by atoms with Crippen LogP contribution in [0.2, 0.25) is 5.02 Å². The highest BCUT2D eigenvalue weighted by Crippen LogP contribution is 2.36. The van der Waals surface area contributed by atoms with Crippen molar-refractivity contribution in [2.24, 2.45) is 0 Å². The summed E-state index contributed by atoms with van der Waals surface area (Å²) in [5.74, 6) is -1.00. The van der Waals surface area contributed by atoms with E-state index in [2.05, 4.69) is 16.0 Å². The van der Waals surface area contributed by atoms with Crippen molar-refractivity contribution in [2.75, 3.05) is 16.0 Å². The number of halogens is 4. The number of alkyl halides is 3. The van der Waals surface area contributed by atoms with Crippen molar-refractivity contribution in [3.63, 3.8) is 0 Å².